The minimum Gasteiger partial charge on any atom is -0.465 e. The fourth-order valence-electron chi connectivity index (χ4n) is 6.85. The quantitative estimate of drug-likeness (QED) is 0.413. The van der Waals surface area contributed by atoms with Crippen LogP contribution in [0.5, 0.6) is 0 Å². The van der Waals surface area contributed by atoms with Crippen molar-refractivity contribution in [1.29, 1.82) is 0 Å². The van der Waals surface area contributed by atoms with Gasteiger partial charge >= 0.3 is 5.97 Å². The smallest absolute Gasteiger partial charge is 0.312 e. The van der Waals surface area contributed by atoms with E-state index in [1.54, 1.807) is 0 Å². The van der Waals surface area contributed by atoms with Gasteiger partial charge in [-0.05, 0) is 67.6 Å². The van der Waals surface area contributed by atoms with Gasteiger partial charge in [-0.15, -0.1) is 0 Å². The van der Waals surface area contributed by atoms with Gasteiger partial charge in [-0.3, -0.25) is 4.79 Å². The average Bonchev–Trinajstić information content (AvgIpc) is 3.05. The maximum absolute atomic E-state index is 12.2. The highest BCUT2D eigenvalue weighted by atomic mass is 32.1. The average molecular weight is 264 g/mol. The van der Waals surface area contributed by atoms with Gasteiger partial charge in [0.15, 0.2) is 0 Å². The van der Waals surface area contributed by atoms with E-state index in [1.165, 1.54) is 19.3 Å². The Labute approximate surface area is 113 Å². The topological polar surface area (TPSA) is 26.3 Å². The normalized spacial score (nSPS) is 63.8. The fraction of sp³-hybridized carbons (Fsp3) is 0.933. The molecule has 1 aliphatic heterocycles. The Kier molecular flexibility index (Phi) is 1.83. The first-order chi connectivity index (χ1) is 8.71. The Bertz CT molecular complexity index is 436. The number of hydrogen-bond donors (Lipinski definition) is 1. The van der Waals surface area contributed by atoms with Gasteiger partial charge in [0.2, 0.25) is 0 Å². The molecule has 8 unspecified atom stereocenters. The molecule has 5 fully saturated rings. The molecule has 0 amide bonds. The maximum Gasteiger partial charge on any atom is 0.312 e. The highest BCUT2D eigenvalue weighted by molar-refractivity contribution is 7.81. The van der Waals surface area contributed by atoms with Crippen LogP contribution in [0.3, 0.4) is 0 Å². The minimum absolute atomic E-state index is 0.0518. The van der Waals surface area contributed by atoms with Crippen LogP contribution < -0.4 is 0 Å². The number of cyclic esters (lactones) is 1. The Balaban J connectivity index is 1.57. The molecule has 5 aliphatic rings. The second-order valence-electron chi connectivity index (χ2n) is 7.47. The van der Waals surface area contributed by atoms with Crippen LogP contribution in [-0.2, 0) is 9.53 Å². The summed E-state index contributed by atoms with van der Waals surface area (Å²) < 4.78 is 5.34. The summed E-state index contributed by atoms with van der Waals surface area (Å²) in [4.78, 5) is 12.2. The van der Waals surface area contributed by atoms with Gasteiger partial charge in [0.05, 0.1) is 12.0 Å². The summed E-state index contributed by atoms with van der Waals surface area (Å²) in [5.74, 6) is 5.13. The van der Waals surface area contributed by atoms with Crippen molar-refractivity contribution in [3.8, 4) is 0 Å². The number of carbonyl (C=O) groups is 1. The van der Waals surface area contributed by atoms with Gasteiger partial charge in [0.25, 0.3) is 0 Å². The second-order valence-corrected chi connectivity index (χ2v) is 8.13. The van der Waals surface area contributed by atoms with Gasteiger partial charge < -0.3 is 4.74 Å². The summed E-state index contributed by atoms with van der Waals surface area (Å²) in [5, 5.41) is 0.616. The lowest BCUT2D eigenvalue weighted by molar-refractivity contribution is -0.151. The molecule has 4 aliphatic carbocycles. The fourth-order valence-corrected chi connectivity index (χ4v) is 7.44. The molecule has 1 saturated heterocycles. The number of esters is 1. The van der Waals surface area contributed by atoms with E-state index in [4.69, 9.17) is 17.4 Å². The van der Waals surface area contributed by atoms with Crippen molar-refractivity contribution < 1.29 is 9.53 Å². The number of hydrogen-bond acceptors (Lipinski definition) is 3. The zero-order valence-electron chi connectivity index (χ0n) is 10.5. The monoisotopic (exact) mass is 264 g/mol. The molecular weight excluding hydrogens is 244 g/mol. The van der Waals surface area contributed by atoms with Crippen molar-refractivity contribution in [2.75, 3.05) is 6.61 Å². The summed E-state index contributed by atoms with van der Waals surface area (Å²) in [6.07, 6.45) is 6.22. The Morgan fingerprint density at radius 3 is 2.83 bits per heavy atom. The van der Waals surface area contributed by atoms with E-state index in [1.807, 2.05) is 0 Å². The lowest BCUT2D eigenvalue weighted by Crippen LogP contribution is -2.44. The van der Waals surface area contributed by atoms with Crippen LogP contribution in [0.1, 0.15) is 32.1 Å². The van der Waals surface area contributed by atoms with Crippen LogP contribution in [-0.4, -0.2) is 17.8 Å². The molecule has 0 aromatic heterocycles. The molecule has 98 valence electrons. The Morgan fingerprint density at radius 1 is 1.17 bits per heavy atom. The van der Waals surface area contributed by atoms with Gasteiger partial charge in [0, 0.05) is 5.25 Å². The first-order valence-corrected chi connectivity index (χ1v) is 8.08. The summed E-state index contributed by atoms with van der Waals surface area (Å²) in [6, 6.07) is 0. The highest BCUT2D eigenvalue weighted by Crippen LogP contribution is 2.73. The predicted molar refractivity (Wildman–Crippen MR) is 70.2 cm³/mol. The van der Waals surface area contributed by atoms with E-state index in [-0.39, 0.29) is 11.4 Å². The van der Waals surface area contributed by atoms with Crippen LogP contribution >= 0.6 is 12.6 Å². The molecule has 8 atom stereocenters. The molecule has 3 heteroatoms. The van der Waals surface area contributed by atoms with Crippen molar-refractivity contribution in [2.24, 2.45) is 40.9 Å². The van der Waals surface area contributed by atoms with E-state index in [0.29, 0.717) is 17.8 Å². The molecule has 4 bridgehead atoms. The van der Waals surface area contributed by atoms with E-state index >= 15 is 0 Å². The van der Waals surface area contributed by atoms with Gasteiger partial charge in [-0.25, -0.2) is 0 Å². The van der Waals surface area contributed by atoms with Crippen molar-refractivity contribution in [2.45, 2.75) is 37.4 Å². The van der Waals surface area contributed by atoms with Crippen LogP contribution in [0.2, 0.25) is 0 Å². The Hall–Kier alpha value is -0.180. The molecule has 0 N–H and O–H groups in total. The third-order valence-electron chi connectivity index (χ3n) is 7.19. The van der Waals surface area contributed by atoms with Crippen molar-refractivity contribution in [3.63, 3.8) is 0 Å². The lowest BCUT2D eigenvalue weighted by Gasteiger charge is -2.43. The first-order valence-electron chi connectivity index (χ1n) is 7.56. The van der Waals surface area contributed by atoms with E-state index in [0.717, 1.165) is 42.4 Å². The maximum atomic E-state index is 12.2. The largest absolute Gasteiger partial charge is 0.465 e. The van der Waals surface area contributed by atoms with Gasteiger partial charge in [0.1, 0.15) is 0 Å². The molecule has 0 radical (unpaired) electrons. The number of rotatable bonds is 0. The molecular formula is C15H20O2S. The number of fused-ring (bicyclic) bond motifs is 10. The molecule has 0 aromatic carbocycles. The number of thiol groups is 1. The standard InChI is InChI=1S/C15H20O2S/c16-14-15(1-2-17-14)6-8-4-10(15)13-9-3-7(12(8)13)5-11(9)18/h7-13,18H,1-6H2. The predicted octanol–water partition coefficient (Wildman–Crippen LogP) is 2.53. The molecule has 0 aromatic rings. The van der Waals surface area contributed by atoms with E-state index < -0.39 is 0 Å². The molecule has 1 heterocycles. The second kappa shape index (κ2) is 3.11. The van der Waals surface area contributed by atoms with Gasteiger partial charge in [-0.2, -0.15) is 12.6 Å². The van der Waals surface area contributed by atoms with Crippen LogP contribution in [0.15, 0.2) is 0 Å². The third kappa shape index (κ3) is 0.971. The molecule has 1 spiro atoms. The van der Waals surface area contributed by atoms with Crippen molar-refractivity contribution in [3.05, 3.63) is 0 Å². The van der Waals surface area contributed by atoms with Crippen molar-refractivity contribution >= 4 is 18.6 Å². The van der Waals surface area contributed by atoms with Crippen LogP contribution in [0.4, 0.5) is 0 Å². The van der Waals surface area contributed by atoms with Crippen molar-refractivity contribution in [1.82, 2.24) is 0 Å². The highest BCUT2D eigenvalue weighted by Gasteiger charge is 2.71. The Morgan fingerprint density at radius 2 is 2.06 bits per heavy atom. The zero-order valence-corrected chi connectivity index (χ0v) is 11.4. The molecule has 18 heavy (non-hydrogen) atoms. The SMILES string of the molecule is O=C1OCCC12CC1CC2C2C3CC(CC3S)C12. The first kappa shape index (κ1) is 10.6. The molecule has 4 saturated carbocycles. The summed E-state index contributed by atoms with van der Waals surface area (Å²) >= 11 is 4.81. The van der Waals surface area contributed by atoms with E-state index in [2.05, 4.69) is 0 Å². The lowest BCUT2D eigenvalue weighted by atomic mass is 9.60. The number of carbonyl (C=O) groups excluding carboxylic acids is 1. The third-order valence-corrected chi connectivity index (χ3v) is 7.78. The zero-order chi connectivity index (χ0) is 12.1. The molecule has 2 nitrogen and oxygen atoms in total. The minimum atomic E-state index is -0.0518. The van der Waals surface area contributed by atoms with Crippen LogP contribution in [0.25, 0.3) is 0 Å². The number of ether oxygens (including phenoxy) is 1. The van der Waals surface area contributed by atoms with Crippen LogP contribution in [0, 0.1) is 40.9 Å². The van der Waals surface area contributed by atoms with E-state index in [9.17, 15) is 4.79 Å². The summed E-state index contributed by atoms with van der Waals surface area (Å²) in [5.41, 5.74) is -0.0518. The van der Waals surface area contributed by atoms with Gasteiger partial charge in [-0.1, -0.05) is 0 Å². The molecule has 5 rings (SSSR count). The summed E-state index contributed by atoms with van der Waals surface area (Å²) in [7, 11) is 0. The summed E-state index contributed by atoms with van der Waals surface area (Å²) in [6.45, 7) is 0.678.